The summed E-state index contributed by atoms with van der Waals surface area (Å²) in [7, 11) is 2.18. The summed E-state index contributed by atoms with van der Waals surface area (Å²) in [6.45, 7) is 8.19. The summed E-state index contributed by atoms with van der Waals surface area (Å²) in [6.07, 6.45) is 1.17. The second kappa shape index (κ2) is 7.04. The van der Waals surface area contributed by atoms with Gasteiger partial charge in [0.15, 0.2) is 0 Å². The second-order valence-electron chi connectivity index (χ2n) is 5.65. The quantitative estimate of drug-likeness (QED) is 0.798. The SMILES string of the molecule is CC(C)N(C)CCCNC1COCc2ccccc21. The van der Waals surface area contributed by atoms with Crippen LogP contribution in [0.15, 0.2) is 24.3 Å². The molecule has 1 atom stereocenters. The fourth-order valence-corrected chi connectivity index (χ4v) is 2.41. The molecule has 0 aromatic heterocycles. The molecule has 106 valence electrons. The lowest BCUT2D eigenvalue weighted by molar-refractivity contribution is 0.0818. The van der Waals surface area contributed by atoms with E-state index in [0.717, 1.165) is 26.3 Å². The van der Waals surface area contributed by atoms with Crippen molar-refractivity contribution in [3.63, 3.8) is 0 Å². The molecule has 0 spiro atoms. The molecule has 1 aliphatic rings. The Balaban J connectivity index is 1.78. The van der Waals surface area contributed by atoms with Crippen LogP contribution in [0.1, 0.15) is 37.4 Å². The maximum absolute atomic E-state index is 5.65. The second-order valence-corrected chi connectivity index (χ2v) is 5.65. The number of nitrogens with zero attached hydrogens (tertiary/aromatic N) is 1. The molecule has 0 saturated heterocycles. The Morgan fingerprint density at radius 3 is 2.95 bits per heavy atom. The minimum Gasteiger partial charge on any atom is -0.375 e. The first-order chi connectivity index (χ1) is 9.18. The Labute approximate surface area is 116 Å². The van der Waals surface area contributed by atoms with E-state index in [4.69, 9.17) is 4.74 Å². The van der Waals surface area contributed by atoms with Gasteiger partial charge in [-0.3, -0.25) is 0 Å². The molecular formula is C16H26N2O. The highest BCUT2D eigenvalue weighted by Gasteiger charge is 2.19. The van der Waals surface area contributed by atoms with Crippen molar-refractivity contribution < 1.29 is 4.74 Å². The Morgan fingerprint density at radius 2 is 2.16 bits per heavy atom. The molecule has 0 bridgehead atoms. The zero-order valence-electron chi connectivity index (χ0n) is 12.4. The molecule has 0 fully saturated rings. The summed E-state index contributed by atoms with van der Waals surface area (Å²) in [6, 6.07) is 9.56. The van der Waals surface area contributed by atoms with E-state index in [1.807, 2.05) is 0 Å². The molecule has 1 N–H and O–H groups in total. The van der Waals surface area contributed by atoms with Gasteiger partial charge in [0.1, 0.15) is 0 Å². The van der Waals surface area contributed by atoms with E-state index in [-0.39, 0.29) is 0 Å². The van der Waals surface area contributed by atoms with Gasteiger partial charge >= 0.3 is 0 Å². The first-order valence-electron chi connectivity index (χ1n) is 7.27. The Morgan fingerprint density at radius 1 is 1.37 bits per heavy atom. The van der Waals surface area contributed by atoms with Crippen molar-refractivity contribution in [3.8, 4) is 0 Å². The Hall–Kier alpha value is -0.900. The van der Waals surface area contributed by atoms with E-state index in [1.54, 1.807) is 0 Å². The zero-order chi connectivity index (χ0) is 13.7. The molecule has 1 aromatic carbocycles. The molecule has 0 amide bonds. The monoisotopic (exact) mass is 262 g/mol. The highest BCUT2D eigenvalue weighted by atomic mass is 16.5. The number of ether oxygens (including phenoxy) is 1. The van der Waals surface area contributed by atoms with E-state index in [9.17, 15) is 0 Å². The lowest BCUT2D eigenvalue weighted by Crippen LogP contribution is -2.33. The number of benzene rings is 1. The van der Waals surface area contributed by atoms with Gasteiger partial charge in [0.05, 0.1) is 19.3 Å². The van der Waals surface area contributed by atoms with Crippen LogP contribution in [0.3, 0.4) is 0 Å². The van der Waals surface area contributed by atoms with E-state index >= 15 is 0 Å². The summed E-state index contributed by atoms with van der Waals surface area (Å²) in [5.41, 5.74) is 2.73. The van der Waals surface area contributed by atoms with Crippen LogP contribution in [-0.2, 0) is 11.3 Å². The van der Waals surface area contributed by atoms with E-state index in [1.165, 1.54) is 17.5 Å². The summed E-state index contributed by atoms with van der Waals surface area (Å²) < 4.78 is 5.65. The fraction of sp³-hybridized carbons (Fsp3) is 0.625. The average molecular weight is 262 g/mol. The largest absolute Gasteiger partial charge is 0.375 e. The van der Waals surface area contributed by atoms with Gasteiger partial charge in [0, 0.05) is 6.04 Å². The van der Waals surface area contributed by atoms with Crippen LogP contribution in [0.2, 0.25) is 0 Å². The van der Waals surface area contributed by atoms with E-state index in [2.05, 4.69) is 55.4 Å². The molecule has 3 heteroatoms. The van der Waals surface area contributed by atoms with Gasteiger partial charge in [-0.15, -0.1) is 0 Å². The van der Waals surface area contributed by atoms with Gasteiger partial charge in [0.25, 0.3) is 0 Å². The molecule has 0 aliphatic carbocycles. The summed E-state index contributed by atoms with van der Waals surface area (Å²) in [4.78, 5) is 2.38. The van der Waals surface area contributed by atoms with Crippen LogP contribution in [0.25, 0.3) is 0 Å². The Kier molecular flexibility index (Phi) is 5.37. The molecule has 1 aliphatic heterocycles. The molecule has 3 nitrogen and oxygen atoms in total. The summed E-state index contributed by atoms with van der Waals surface area (Å²) in [5.74, 6) is 0. The van der Waals surface area contributed by atoms with Crippen LogP contribution in [0, 0.1) is 0 Å². The van der Waals surface area contributed by atoms with Gasteiger partial charge in [-0.05, 0) is 51.5 Å². The van der Waals surface area contributed by atoms with Crippen LogP contribution < -0.4 is 5.32 Å². The van der Waals surface area contributed by atoms with Gasteiger partial charge in [-0.2, -0.15) is 0 Å². The van der Waals surface area contributed by atoms with Crippen LogP contribution in [-0.4, -0.2) is 37.7 Å². The third-order valence-corrected chi connectivity index (χ3v) is 3.93. The maximum Gasteiger partial charge on any atom is 0.0721 e. The third kappa shape index (κ3) is 4.03. The predicted octanol–water partition coefficient (Wildman–Crippen LogP) is 2.58. The van der Waals surface area contributed by atoms with Crippen molar-refractivity contribution in [1.29, 1.82) is 0 Å². The van der Waals surface area contributed by atoms with E-state index in [0.29, 0.717) is 12.1 Å². The highest BCUT2D eigenvalue weighted by Crippen LogP contribution is 2.24. The molecule has 1 heterocycles. The average Bonchev–Trinajstić information content (AvgIpc) is 2.43. The summed E-state index contributed by atoms with van der Waals surface area (Å²) in [5, 5.41) is 3.62. The first kappa shape index (κ1) is 14.5. The van der Waals surface area contributed by atoms with Gasteiger partial charge in [-0.25, -0.2) is 0 Å². The number of fused-ring (bicyclic) bond motifs is 1. The minimum absolute atomic E-state index is 0.356. The van der Waals surface area contributed by atoms with Crippen molar-refractivity contribution in [2.45, 2.75) is 39.0 Å². The van der Waals surface area contributed by atoms with Gasteiger partial charge in [-0.1, -0.05) is 24.3 Å². The molecule has 19 heavy (non-hydrogen) atoms. The predicted molar refractivity (Wildman–Crippen MR) is 79.2 cm³/mol. The summed E-state index contributed by atoms with van der Waals surface area (Å²) >= 11 is 0. The number of hydrogen-bond acceptors (Lipinski definition) is 3. The molecular weight excluding hydrogens is 236 g/mol. The standard InChI is InChI=1S/C16H26N2O/c1-13(2)18(3)10-6-9-17-16-12-19-11-14-7-4-5-8-15(14)16/h4-5,7-8,13,16-17H,6,9-12H2,1-3H3. The van der Waals surface area contributed by atoms with Crippen LogP contribution >= 0.6 is 0 Å². The van der Waals surface area contributed by atoms with Gasteiger partial charge in [0.2, 0.25) is 0 Å². The first-order valence-corrected chi connectivity index (χ1v) is 7.27. The van der Waals surface area contributed by atoms with Gasteiger partial charge < -0.3 is 15.0 Å². The zero-order valence-corrected chi connectivity index (χ0v) is 12.4. The van der Waals surface area contributed by atoms with E-state index < -0.39 is 0 Å². The van der Waals surface area contributed by atoms with Crippen molar-refractivity contribution in [1.82, 2.24) is 10.2 Å². The smallest absolute Gasteiger partial charge is 0.0721 e. The van der Waals surface area contributed by atoms with Crippen molar-refractivity contribution in [3.05, 3.63) is 35.4 Å². The molecule has 2 rings (SSSR count). The molecule has 1 aromatic rings. The van der Waals surface area contributed by atoms with Crippen molar-refractivity contribution in [2.75, 3.05) is 26.7 Å². The van der Waals surface area contributed by atoms with Crippen LogP contribution in [0.4, 0.5) is 0 Å². The highest BCUT2D eigenvalue weighted by molar-refractivity contribution is 5.30. The number of rotatable bonds is 6. The van der Waals surface area contributed by atoms with Crippen molar-refractivity contribution >= 4 is 0 Å². The third-order valence-electron chi connectivity index (χ3n) is 3.93. The minimum atomic E-state index is 0.356. The topological polar surface area (TPSA) is 24.5 Å². The maximum atomic E-state index is 5.65. The van der Waals surface area contributed by atoms with Crippen molar-refractivity contribution in [2.24, 2.45) is 0 Å². The Bertz CT molecular complexity index is 392. The normalized spacial score (nSPS) is 18.9. The lowest BCUT2D eigenvalue weighted by atomic mass is 9.99. The molecule has 1 unspecified atom stereocenters. The lowest BCUT2D eigenvalue weighted by Gasteiger charge is -2.27. The number of nitrogens with one attached hydrogen (secondary N) is 1. The van der Waals surface area contributed by atoms with Crippen LogP contribution in [0.5, 0.6) is 0 Å². The molecule has 0 radical (unpaired) electrons. The fourth-order valence-electron chi connectivity index (χ4n) is 2.41. The number of hydrogen-bond donors (Lipinski definition) is 1. The molecule has 0 saturated carbocycles.